The van der Waals surface area contributed by atoms with Gasteiger partial charge >= 0.3 is 5.69 Å². The number of aromatic amines is 1. The Balaban J connectivity index is 1.88. The number of aromatic nitrogens is 2. The van der Waals surface area contributed by atoms with Gasteiger partial charge in [0.2, 0.25) is 0 Å². The first-order chi connectivity index (χ1) is 14.8. The van der Waals surface area contributed by atoms with Crippen LogP contribution in [-0.2, 0) is 21.4 Å². The summed E-state index contributed by atoms with van der Waals surface area (Å²) >= 11 is 0. The minimum Gasteiger partial charge on any atom is -0.351 e. The molecular formula is C19H16N4O7S. The number of nitrogens with zero attached hydrogens (tertiary/aromatic N) is 3. The van der Waals surface area contributed by atoms with Crippen LogP contribution in [0.2, 0.25) is 0 Å². The molecule has 1 N–H and O–H groups in total. The summed E-state index contributed by atoms with van der Waals surface area (Å²) in [4.78, 5) is 36.0. The van der Waals surface area contributed by atoms with E-state index in [9.17, 15) is 28.1 Å². The summed E-state index contributed by atoms with van der Waals surface area (Å²) in [5.41, 5.74) is -1.15. The zero-order valence-corrected chi connectivity index (χ0v) is 16.7. The summed E-state index contributed by atoms with van der Waals surface area (Å²) in [5.74, 6) is 0. The number of nitro benzene ring substituents is 1. The van der Waals surface area contributed by atoms with Gasteiger partial charge in [-0.3, -0.25) is 28.8 Å². The van der Waals surface area contributed by atoms with Crippen molar-refractivity contribution in [3.63, 3.8) is 0 Å². The van der Waals surface area contributed by atoms with E-state index in [4.69, 9.17) is 4.74 Å². The number of benzene rings is 2. The summed E-state index contributed by atoms with van der Waals surface area (Å²) in [5, 5.41) is 11.4. The number of para-hydroxylation sites is 2. The van der Waals surface area contributed by atoms with E-state index in [0.717, 1.165) is 27.1 Å². The fraction of sp³-hybridized carbons (Fsp3) is 0.158. The average Bonchev–Trinajstić information content (AvgIpc) is 2.94. The number of fused-ring (bicyclic) bond motifs is 1. The van der Waals surface area contributed by atoms with Gasteiger partial charge in [0.25, 0.3) is 21.3 Å². The third kappa shape index (κ3) is 3.73. The number of hydrogen-bond donors (Lipinski definition) is 1. The minimum atomic E-state index is -4.41. The van der Waals surface area contributed by atoms with Gasteiger partial charge in [0.1, 0.15) is 0 Å². The Kier molecular flexibility index (Phi) is 5.17. The Morgan fingerprint density at radius 2 is 1.77 bits per heavy atom. The van der Waals surface area contributed by atoms with Gasteiger partial charge in [-0.2, -0.15) is 0 Å². The second kappa shape index (κ2) is 7.81. The molecule has 0 saturated heterocycles. The highest BCUT2D eigenvalue weighted by Gasteiger charge is 2.36. The lowest BCUT2D eigenvalue weighted by atomic mass is 10.2. The van der Waals surface area contributed by atoms with Gasteiger partial charge in [0.05, 0.1) is 23.8 Å². The molecule has 0 bridgehead atoms. The van der Waals surface area contributed by atoms with Gasteiger partial charge in [0, 0.05) is 23.9 Å². The first kappa shape index (κ1) is 20.5. The second-order valence-electron chi connectivity index (χ2n) is 6.67. The number of rotatable bonds is 4. The van der Waals surface area contributed by atoms with Crippen LogP contribution < -0.4 is 15.6 Å². The standard InChI is InChI=1S/C19H16N4O7S/c24-17-9-10-21(19(25)20-17)18-11-22(14-6-2-1-5-13(14)12-30-18)31(28,29)16-8-4-3-7-15(16)23(26)27/h1-10,18H,11-12H2,(H,20,24,25)/t18-/m1/s1. The number of H-pyrrole nitrogens is 1. The summed E-state index contributed by atoms with van der Waals surface area (Å²) in [6, 6.07) is 12.7. The molecule has 11 nitrogen and oxygen atoms in total. The van der Waals surface area contributed by atoms with Crippen molar-refractivity contribution in [3.8, 4) is 0 Å². The van der Waals surface area contributed by atoms with Crippen LogP contribution in [0.4, 0.5) is 11.4 Å². The first-order valence-corrected chi connectivity index (χ1v) is 10.5. The number of anilines is 1. The minimum absolute atomic E-state index is 0.0185. The molecule has 1 aliphatic rings. The maximum Gasteiger partial charge on any atom is 0.330 e. The number of ether oxygens (including phenoxy) is 1. The predicted molar refractivity (Wildman–Crippen MR) is 109 cm³/mol. The van der Waals surface area contributed by atoms with Gasteiger partial charge in [-0.25, -0.2) is 13.2 Å². The van der Waals surface area contributed by atoms with E-state index in [2.05, 4.69) is 4.98 Å². The predicted octanol–water partition coefficient (Wildman–Crippen LogP) is 1.37. The van der Waals surface area contributed by atoms with Crippen LogP contribution in [0.5, 0.6) is 0 Å². The van der Waals surface area contributed by atoms with Crippen LogP contribution >= 0.6 is 0 Å². The van der Waals surface area contributed by atoms with E-state index in [-0.39, 0.29) is 18.8 Å². The van der Waals surface area contributed by atoms with Crippen molar-refractivity contribution in [2.45, 2.75) is 17.7 Å². The van der Waals surface area contributed by atoms with E-state index >= 15 is 0 Å². The van der Waals surface area contributed by atoms with Crippen molar-refractivity contribution in [1.29, 1.82) is 0 Å². The van der Waals surface area contributed by atoms with Crippen LogP contribution in [0, 0.1) is 10.1 Å². The highest BCUT2D eigenvalue weighted by atomic mass is 32.2. The molecule has 0 fully saturated rings. The molecule has 0 spiro atoms. The summed E-state index contributed by atoms with van der Waals surface area (Å²) in [7, 11) is -4.41. The molecule has 12 heteroatoms. The highest BCUT2D eigenvalue weighted by molar-refractivity contribution is 7.93. The number of hydrogen-bond acceptors (Lipinski definition) is 7. The Bertz CT molecular complexity index is 1380. The van der Waals surface area contributed by atoms with Crippen molar-refractivity contribution in [3.05, 3.63) is 97.3 Å². The molecule has 0 amide bonds. The van der Waals surface area contributed by atoms with Crippen LogP contribution in [0.25, 0.3) is 0 Å². The second-order valence-corrected chi connectivity index (χ2v) is 8.50. The smallest absolute Gasteiger partial charge is 0.330 e. The lowest BCUT2D eigenvalue weighted by Crippen LogP contribution is -2.40. The zero-order chi connectivity index (χ0) is 22.2. The largest absolute Gasteiger partial charge is 0.351 e. The maximum atomic E-state index is 13.6. The van der Waals surface area contributed by atoms with E-state index < -0.39 is 43.0 Å². The lowest BCUT2D eigenvalue weighted by Gasteiger charge is -2.27. The van der Waals surface area contributed by atoms with Crippen LogP contribution in [-0.4, -0.2) is 29.4 Å². The molecule has 2 aromatic carbocycles. The lowest BCUT2D eigenvalue weighted by molar-refractivity contribution is -0.387. The molecule has 0 radical (unpaired) electrons. The topological polar surface area (TPSA) is 145 Å². The van der Waals surface area contributed by atoms with Gasteiger partial charge in [-0.05, 0) is 12.1 Å². The molecule has 0 unspecified atom stereocenters. The van der Waals surface area contributed by atoms with E-state index in [0.29, 0.717) is 5.56 Å². The van der Waals surface area contributed by atoms with E-state index in [1.54, 1.807) is 24.3 Å². The normalized spacial score (nSPS) is 16.4. The summed E-state index contributed by atoms with van der Waals surface area (Å²) in [6.07, 6.45) is 0.117. The van der Waals surface area contributed by atoms with Crippen LogP contribution in [0.1, 0.15) is 11.8 Å². The molecule has 160 valence electrons. The van der Waals surface area contributed by atoms with Gasteiger partial charge in [0.15, 0.2) is 11.1 Å². The molecule has 1 aliphatic heterocycles. The van der Waals surface area contributed by atoms with Crippen molar-refractivity contribution < 1.29 is 18.1 Å². The maximum absolute atomic E-state index is 13.6. The molecule has 2 heterocycles. The molecular weight excluding hydrogens is 428 g/mol. The molecule has 1 aromatic heterocycles. The van der Waals surface area contributed by atoms with Gasteiger partial charge < -0.3 is 4.74 Å². The van der Waals surface area contributed by atoms with E-state index in [1.807, 2.05) is 0 Å². The number of nitro groups is 1. The first-order valence-electron chi connectivity index (χ1n) is 9.06. The van der Waals surface area contributed by atoms with Gasteiger partial charge in [-0.15, -0.1) is 0 Å². The molecule has 31 heavy (non-hydrogen) atoms. The van der Waals surface area contributed by atoms with Crippen LogP contribution in [0.15, 0.2) is 75.3 Å². The van der Waals surface area contributed by atoms with Crippen molar-refractivity contribution in [1.82, 2.24) is 9.55 Å². The Hall–Kier alpha value is -3.77. The molecule has 0 aliphatic carbocycles. The monoisotopic (exact) mass is 444 g/mol. The fourth-order valence-corrected chi connectivity index (χ4v) is 5.01. The third-order valence-electron chi connectivity index (χ3n) is 4.80. The van der Waals surface area contributed by atoms with E-state index in [1.165, 1.54) is 18.3 Å². The van der Waals surface area contributed by atoms with Crippen LogP contribution in [0.3, 0.4) is 0 Å². The third-order valence-corrected chi connectivity index (χ3v) is 6.63. The molecule has 0 saturated carbocycles. The molecule has 1 atom stereocenters. The Morgan fingerprint density at radius 1 is 1.06 bits per heavy atom. The molecule has 3 aromatic rings. The summed E-state index contributed by atoms with van der Waals surface area (Å²) in [6.45, 7) is -0.368. The van der Waals surface area contributed by atoms with Crippen molar-refractivity contribution >= 4 is 21.4 Å². The summed E-state index contributed by atoms with van der Waals surface area (Å²) < 4.78 is 35.0. The van der Waals surface area contributed by atoms with Crippen molar-refractivity contribution in [2.24, 2.45) is 0 Å². The SMILES string of the molecule is O=c1ccn([C@H]2CN(S(=O)(=O)c3ccccc3[N+](=O)[O-])c3ccccc3CO2)c(=O)[nH]1. The Morgan fingerprint density at radius 3 is 2.52 bits per heavy atom. The number of sulfonamides is 1. The quantitative estimate of drug-likeness (QED) is 0.472. The van der Waals surface area contributed by atoms with Gasteiger partial charge in [-0.1, -0.05) is 30.3 Å². The number of nitrogens with one attached hydrogen (secondary N) is 1. The molecule has 4 rings (SSSR count). The zero-order valence-electron chi connectivity index (χ0n) is 15.9. The Labute approximate surface area is 175 Å². The van der Waals surface area contributed by atoms with Crippen molar-refractivity contribution in [2.75, 3.05) is 10.8 Å². The highest BCUT2D eigenvalue weighted by Crippen LogP contribution is 2.35. The fourth-order valence-electron chi connectivity index (χ4n) is 3.35. The average molecular weight is 444 g/mol.